The van der Waals surface area contributed by atoms with Crippen LogP contribution in [0.5, 0.6) is 0 Å². The Bertz CT molecular complexity index is 539. The maximum atomic E-state index is 13.2. The van der Waals surface area contributed by atoms with Gasteiger partial charge in [-0.15, -0.1) is 0 Å². The van der Waals surface area contributed by atoms with Crippen LogP contribution in [0.1, 0.15) is 17.5 Å². The number of hydrogen-bond donors (Lipinski definition) is 0. The van der Waals surface area contributed by atoms with E-state index >= 15 is 0 Å². The summed E-state index contributed by atoms with van der Waals surface area (Å²) in [4.78, 5) is 16.2. The van der Waals surface area contributed by atoms with E-state index in [0.717, 1.165) is 11.1 Å². The lowest BCUT2D eigenvalue weighted by Crippen LogP contribution is -2.25. The Morgan fingerprint density at radius 2 is 2.37 bits per heavy atom. The summed E-state index contributed by atoms with van der Waals surface area (Å²) >= 11 is 0. The minimum Gasteiger partial charge on any atom is -0.338 e. The molecule has 1 heterocycles. The van der Waals surface area contributed by atoms with Crippen molar-refractivity contribution in [2.45, 2.75) is 19.9 Å². The van der Waals surface area contributed by atoms with Gasteiger partial charge in [0.05, 0.1) is 0 Å². The molecule has 1 aliphatic heterocycles. The molecule has 0 bridgehead atoms. The van der Waals surface area contributed by atoms with Crippen molar-refractivity contribution in [2.24, 2.45) is 11.0 Å². The molecule has 5 nitrogen and oxygen atoms in total. The average molecular weight is 262 g/mol. The van der Waals surface area contributed by atoms with E-state index in [0.29, 0.717) is 26.1 Å². The highest BCUT2D eigenvalue weighted by Crippen LogP contribution is 2.22. The fourth-order valence-corrected chi connectivity index (χ4v) is 2.30. The topological polar surface area (TPSA) is 69.1 Å². The monoisotopic (exact) mass is 262 g/mol. The maximum absolute atomic E-state index is 13.2. The summed E-state index contributed by atoms with van der Waals surface area (Å²) in [5.74, 6) is -0.197. The van der Waals surface area contributed by atoms with Crippen molar-refractivity contribution < 1.29 is 9.18 Å². The molecule has 19 heavy (non-hydrogen) atoms. The molecule has 0 aliphatic carbocycles. The van der Waals surface area contributed by atoms with Crippen molar-refractivity contribution in [3.8, 4) is 0 Å². The number of nitrogens with zero attached hydrogens (tertiary/aromatic N) is 4. The van der Waals surface area contributed by atoms with Crippen molar-refractivity contribution in [1.82, 2.24) is 4.90 Å². The molecule has 1 amide bonds. The van der Waals surface area contributed by atoms with Crippen molar-refractivity contribution in [3.05, 3.63) is 45.6 Å². The van der Waals surface area contributed by atoms with Gasteiger partial charge in [-0.2, -0.15) is 0 Å². The standard InChI is InChI=1S/C13H15FN4O/c1-9-2-3-12(14)5-11(9)8-18-7-10(4-13(18)19)6-16-17-15/h2-3,5,10H,4,6-8H2,1H3. The number of amides is 1. The van der Waals surface area contributed by atoms with E-state index in [1.807, 2.05) is 6.92 Å². The number of hydrogen-bond acceptors (Lipinski definition) is 2. The molecule has 1 aromatic rings. The van der Waals surface area contributed by atoms with Gasteiger partial charge in [0, 0.05) is 31.0 Å². The summed E-state index contributed by atoms with van der Waals surface area (Å²) in [6.07, 6.45) is 0.396. The highest BCUT2D eigenvalue weighted by atomic mass is 19.1. The highest BCUT2D eigenvalue weighted by Gasteiger charge is 2.29. The first-order chi connectivity index (χ1) is 9.10. The number of carbonyl (C=O) groups excluding carboxylic acids is 1. The first-order valence-corrected chi connectivity index (χ1v) is 6.14. The molecule has 0 saturated carbocycles. The second-order valence-electron chi connectivity index (χ2n) is 4.83. The third-order valence-electron chi connectivity index (χ3n) is 3.37. The molecular weight excluding hydrogens is 247 g/mol. The molecule has 2 rings (SSSR count). The van der Waals surface area contributed by atoms with E-state index in [2.05, 4.69) is 10.0 Å². The van der Waals surface area contributed by atoms with Crippen LogP contribution >= 0.6 is 0 Å². The van der Waals surface area contributed by atoms with Gasteiger partial charge in [-0.25, -0.2) is 4.39 Å². The lowest BCUT2D eigenvalue weighted by molar-refractivity contribution is -0.128. The molecule has 1 fully saturated rings. The summed E-state index contributed by atoms with van der Waals surface area (Å²) in [6, 6.07) is 4.58. The van der Waals surface area contributed by atoms with Crippen LogP contribution in [0.4, 0.5) is 4.39 Å². The van der Waals surface area contributed by atoms with Gasteiger partial charge < -0.3 is 4.90 Å². The Morgan fingerprint density at radius 3 is 3.11 bits per heavy atom. The Balaban J connectivity index is 2.05. The number of aryl methyl sites for hydroxylation is 1. The smallest absolute Gasteiger partial charge is 0.223 e. The zero-order valence-electron chi connectivity index (χ0n) is 10.7. The highest BCUT2D eigenvalue weighted by molar-refractivity contribution is 5.78. The minimum absolute atomic E-state index is 0.0294. The van der Waals surface area contributed by atoms with Gasteiger partial charge in [0.2, 0.25) is 5.91 Å². The third-order valence-corrected chi connectivity index (χ3v) is 3.37. The van der Waals surface area contributed by atoms with E-state index in [9.17, 15) is 9.18 Å². The first kappa shape index (κ1) is 13.4. The second-order valence-corrected chi connectivity index (χ2v) is 4.83. The van der Waals surface area contributed by atoms with Gasteiger partial charge in [-0.3, -0.25) is 4.79 Å². The third kappa shape index (κ3) is 3.23. The molecule has 6 heteroatoms. The maximum Gasteiger partial charge on any atom is 0.223 e. The number of halogens is 1. The molecule has 0 aromatic heterocycles. The lowest BCUT2D eigenvalue weighted by Gasteiger charge is -2.17. The van der Waals surface area contributed by atoms with Crippen LogP contribution in [0.25, 0.3) is 10.4 Å². The Hall–Kier alpha value is -2.07. The molecule has 0 radical (unpaired) electrons. The molecule has 1 unspecified atom stereocenters. The van der Waals surface area contributed by atoms with Gasteiger partial charge in [0.15, 0.2) is 0 Å². The van der Waals surface area contributed by atoms with Crippen LogP contribution in [-0.4, -0.2) is 23.9 Å². The van der Waals surface area contributed by atoms with Crippen molar-refractivity contribution in [2.75, 3.05) is 13.1 Å². The number of rotatable bonds is 4. The molecule has 100 valence electrons. The molecule has 1 aliphatic rings. The normalized spacial score (nSPS) is 18.5. The zero-order valence-corrected chi connectivity index (χ0v) is 10.7. The zero-order chi connectivity index (χ0) is 13.8. The molecular formula is C13H15FN4O. The van der Waals surface area contributed by atoms with Gasteiger partial charge >= 0.3 is 0 Å². The molecule has 1 aromatic carbocycles. The van der Waals surface area contributed by atoms with Crippen molar-refractivity contribution in [1.29, 1.82) is 0 Å². The summed E-state index contributed by atoms with van der Waals surface area (Å²) in [5.41, 5.74) is 10.1. The van der Waals surface area contributed by atoms with E-state index < -0.39 is 0 Å². The largest absolute Gasteiger partial charge is 0.338 e. The summed E-state index contributed by atoms with van der Waals surface area (Å²) in [6.45, 7) is 3.21. The first-order valence-electron chi connectivity index (χ1n) is 6.14. The number of benzene rings is 1. The van der Waals surface area contributed by atoms with Crippen molar-refractivity contribution in [3.63, 3.8) is 0 Å². The van der Waals surface area contributed by atoms with Gasteiger partial charge in [0.1, 0.15) is 5.82 Å². The predicted octanol–water partition coefficient (Wildman–Crippen LogP) is 2.79. The van der Waals surface area contributed by atoms with Crippen LogP contribution in [0.15, 0.2) is 23.3 Å². The van der Waals surface area contributed by atoms with Crippen LogP contribution in [-0.2, 0) is 11.3 Å². The lowest BCUT2D eigenvalue weighted by atomic mass is 10.1. The Morgan fingerprint density at radius 1 is 1.58 bits per heavy atom. The summed E-state index contributed by atoms with van der Waals surface area (Å²) in [5, 5.41) is 3.50. The number of azide groups is 1. The number of carbonyl (C=O) groups is 1. The van der Waals surface area contributed by atoms with E-state index in [4.69, 9.17) is 5.53 Å². The minimum atomic E-state index is -0.294. The molecule has 0 spiro atoms. The Kier molecular flexibility index (Phi) is 4.02. The van der Waals surface area contributed by atoms with E-state index in [1.54, 1.807) is 11.0 Å². The summed E-state index contributed by atoms with van der Waals surface area (Å²) in [7, 11) is 0. The van der Waals surface area contributed by atoms with Crippen LogP contribution in [0.3, 0.4) is 0 Å². The fraction of sp³-hybridized carbons (Fsp3) is 0.462. The SMILES string of the molecule is Cc1ccc(F)cc1CN1CC(CN=[N+]=[N-])CC1=O. The average Bonchev–Trinajstić information content (AvgIpc) is 2.72. The van der Waals surface area contributed by atoms with Gasteiger partial charge in [0.25, 0.3) is 0 Å². The van der Waals surface area contributed by atoms with E-state index in [-0.39, 0.29) is 17.6 Å². The predicted molar refractivity (Wildman–Crippen MR) is 68.7 cm³/mol. The van der Waals surface area contributed by atoms with E-state index in [1.165, 1.54) is 12.1 Å². The molecule has 0 N–H and O–H groups in total. The number of likely N-dealkylation sites (tertiary alicyclic amines) is 1. The van der Waals surface area contributed by atoms with Crippen LogP contribution < -0.4 is 0 Å². The second kappa shape index (κ2) is 5.71. The van der Waals surface area contributed by atoms with Gasteiger partial charge in [-0.05, 0) is 41.6 Å². The van der Waals surface area contributed by atoms with Gasteiger partial charge in [-0.1, -0.05) is 11.2 Å². The van der Waals surface area contributed by atoms with Crippen LogP contribution in [0.2, 0.25) is 0 Å². The van der Waals surface area contributed by atoms with Crippen LogP contribution in [0, 0.1) is 18.7 Å². The Labute approximate surface area is 110 Å². The quantitative estimate of drug-likeness (QED) is 0.467. The van der Waals surface area contributed by atoms with Crippen molar-refractivity contribution >= 4 is 5.91 Å². The molecule has 1 atom stereocenters. The fourth-order valence-electron chi connectivity index (χ4n) is 2.30. The molecule has 1 saturated heterocycles. The summed E-state index contributed by atoms with van der Waals surface area (Å²) < 4.78 is 13.2.